The molecule has 0 bridgehead atoms. The quantitative estimate of drug-likeness (QED) is 0.633. The zero-order valence-electron chi connectivity index (χ0n) is 12.4. The Hall–Kier alpha value is -1.000. The van der Waals surface area contributed by atoms with Gasteiger partial charge in [0.2, 0.25) is 0 Å². The molecular weight excluding hydrogens is 394 g/mol. The fraction of sp³-hybridized carbons (Fsp3) is 0.294. The van der Waals surface area contributed by atoms with Crippen molar-refractivity contribution in [3.05, 3.63) is 57.0 Å². The second kappa shape index (κ2) is 7.32. The Bertz CT molecular complexity index is 596. The molecule has 2 nitrogen and oxygen atoms in total. The van der Waals surface area contributed by atoms with E-state index in [9.17, 15) is 0 Å². The van der Waals surface area contributed by atoms with Crippen molar-refractivity contribution < 1.29 is 4.74 Å². The standard InChI is InChI=1S/C17H19Br2NO/c1-11(2)21-15-7-4-13(5-8-15)12(3)20-17-9-6-14(18)10-16(17)19/h4-12,20H,1-3H3. The summed E-state index contributed by atoms with van der Waals surface area (Å²) in [6, 6.07) is 14.6. The van der Waals surface area contributed by atoms with Crippen molar-refractivity contribution in [2.24, 2.45) is 0 Å². The minimum Gasteiger partial charge on any atom is -0.491 e. The SMILES string of the molecule is CC(C)Oc1ccc(C(C)Nc2ccc(Br)cc2Br)cc1. The van der Waals surface area contributed by atoms with Crippen molar-refractivity contribution in [3.63, 3.8) is 0 Å². The molecule has 0 fully saturated rings. The van der Waals surface area contributed by atoms with Gasteiger partial charge in [0.15, 0.2) is 0 Å². The lowest BCUT2D eigenvalue weighted by molar-refractivity contribution is 0.242. The van der Waals surface area contributed by atoms with E-state index in [0.29, 0.717) is 0 Å². The highest BCUT2D eigenvalue weighted by molar-refractivity contribution is 9.11. The molecule has 0 saturated carbocycles. The predicted octanol–water partition coefficient (Wildman–Crippen LogP) is 6.17. The van der Waals surface area contributed by atoms with Gasteiger partial charge in [-0.1, -0.05) is 28.1 Å². The molecule has 1 atom stereocenters. The fourth-order valence-electron chi connectivity index (χ4n) is 2.03. The van der Waals surface area contributed by atoms with E-state index < -0.39 is 0 Å². The lowest BCUT2D eigenvalue weighted by Gasteiger charge is -2.18. The molecular formula is C17H19Br2NO. The summed E-state index contributed by atoms with van der Waals surface area (Å²) in [6.07, 6.45) is 0.199. The van der Waals surface area contributed by atoms with Gasteiger partial charge in [0.25, 0.3) is 0 Å². The van der Waals surface area contributed by atoms with Gasteiger partial charge in [-0.2, -0.15) is 0 Å². The molecule has 112 valence electrons. The molecule has 0 spiro atoms. The van der Waals surface area contributed by atoms with Gasteiger partial charge in [0, 0.05) is 20.7 Å². The summed E-state index contributed by atoms with van der Waals surface area (Å²) < 4.78 is 7.77. The largest absolute Gasteiger partial charge is 0.491 e. The first kappa shape index (κ1) is 16.4. The lowest BCUT2D eigenvalue weighted by atomic mass is 10.1. The van der Waals surface area contributed by atoms with Gasteiger partial charge < -0.3 is 10.1 Å². The van der Waals surface area contributed by atoms with Crippen molar-refractivity contribution in [2.75, 3.05) is 5.32 Å². The summed E-state index contributed by atoms with van der Waals surface area (Å²) in [5, 5.41) is 3.51. The first-order valence-corrected chi connectivity index (χ1v) is 8.52. The van der Waals surface area contributed by atoms with E-state index >= 15 is 0 Å². The second-order valence-electron chi connectivity index (χ2n) is 5.23. The molecule has 0 radical (unpaired) electrons. The predicted molar refractivity (Wildman–Crippen MR) is 96.1 cm³/mol. The highest BCUT2D eigenvalue weighted by Gasteiger charge is 2.08. The van der Waals surface area contributed by atoms with Gasteiger partial charge in [-0.3, -0.25) is 0 Å². The molecule has 0 amide bonds. The van der Waals surface area contributed by atoms with Crippen LogP contribution in [0.4, 0.5) is 5.69 Å². The van der Waals surface area contributed by atoms with Crippen molar-refractivity contribution >= 4 is 37.5 Å². The van der Waals surface area contributed by atoms with Crippen LogP contribution >= 0.6 is 31.9 Å². The summed E-state index contributed by atoms with van der Waals surface area (Å²) >= 11 is 7.04. The minimum atomic E-state index is 0.199. The third-order valence-electron chi connectivity index (χ3n) is 3.06. The number of hydrogen-bond donors (Lipinski definition) is 1. The van der Waals surface area contributed by atoms with Crippen LogP contribution in [0.1, 0.15) is 32.4 Å². The number of halogens is 2. The highest BCUT2D eigenvalue weighted by atomic mass is 79.9. The van der Waals surface area contributed by atoms with Crippen LogP contribution in [0.25, 0.3) is 0 Å². The maximum atomic E-state index is 5.67. The van der Waals surface area contributed by atoms with Crippen LogP contribution in [-0.4, -0.2) is 6.10 Å². The molecule has 4 heteroatoms. The van der Waals surface area contributed by atoms with E-state index in [-0.39, 0.29) is 12.1 Å². The molecule has 2 aromatic rings. The smallest absolute Gasteiger partial charge is 0.119 e. The van der Waals surface area contributed by atoms with Crippen LogP contribution in [-0.2, 0) is 0 Å². The third-order valence-corrected chi connectivity index (χ3v) is 4.20. The number of anilines is 1. The summed E-state index contributed by atoms with van der Waals surface area (Å²) in [7, 11) is 0. The number of rotatable bonds is 5. The molecule has 2 aromatic carbocycles. The average Bonchev–Trinajstić information content (AvgIpc) is 2.42. The normalized spacial score (nSPS) is 12.3. The molecule has 0 saturated heterocycles. The van der Waals surface area contributed by atoms with Crippen molar-refractivity contribution in [3.8, 4) is 5.75 Å². The van der Waals surface area contributed by atoms with E-state index in [1.54, 1.807) is 0 Å². The Labute approximate surface area is 143 Å². The van der Waals surface area contributed by atoms with E-state index in [4.69, 9.17) is 4.74 Å². The summed E-state index contributed by atoms with van der Waals surface area (Å²) in [5.74, 6) is 0.908. The maximum absolute atomic E-state index is 5.67. The summed E-state index contributed by atoms with van der Waals surface area (Å²) in [4.78, 5) is 0. The number of nitrogens with one attached hydrogen (secondary N) is 1. The van der Waals surface area contributed by atoms with E-state index in [1.165, 1.54) is 5.56 Å². The molecule has 0 aliphatic heterocycles. The molecule has 21 heavy (non-hydrogen) atoms. The van der Waals surface area contributed by atoms with Gasteiger partial charge >= 0.3 is 0 Å². The maximum Gasteiger partial charge on any atom is 0.119 e. The minimum absolute atomic E-state index is 0.199. The zero-order chi connectivity index (χ0) is 15.4. The Morgan fingerprint density at radius 3 is 2.19 bits per heavy atom. The van der Waals surface area contributed by atoms with E-state index in [0.717, 1.165) is 20.4 Å². The Kier molecular flexibility index (Phi) is 5.71. The molecule has 1 N–H and O–H groups in total. The van der Waals surface area contributed by atoms with Crippen molar-refractivity contribution in [1.82, 2.24) is 0 Å². The van der Waals surface area contributed by atoms with Gasteiger partial charge in [-0.25, -0.2) is 0 Å². The molecule has 2 rings (SSSR count). The van der Waals surface area contributed by atoms with Crippen LogP contribution < -0.4 is 10.1 Å². The topological polar surface area (TPSA) is 21.3 Å². The van der Waals surface area contributed by atoms with Crippen LogP contribution in [0.2, 0.25) is 0 Å². The third kappa shape index (κ3) is 4.75. The molecule has 0 heterocycles. The number of hydrogen-bond acceptors (Lipinski definition) is 2. The van der Waals surface area contributed by atoms with Crippen molar-refractivity contribution in [2.45, 2.75) is 32.9 Å². The summed E-state index contributed by atoms with van der Waals surface area (Å²) in [5.41, 5.74) is 2.30. The average molecular weight is 413 g/mol. The van der Waals surface area contributed by atoms with Gasteiger partial charge in [0.1, 0.15) is 5.75 Å². The molecule has 0 aliphatic rings. The fourth-order valence-corrected chi connectivity index (χ4v) is 3.19. The van der Waals surface area contributed by atoms with E-state index in [1.807, 2.05) is 38.1 Å². The lowest BCUT2D eigenvalue weighted by Crippen LogP contribution is -2.08. The number of benzene rings is 2. The first-order chi connectivity index (χ1) is 9.95. The van der Waals surface area contributed by atoms with Crippen LogP contribution in [0.3, 0.4) is 0 Å². The zero-order valence-corrected chi connectivity index (χ0v) is 15.5. The van der Waals surface area contributed by atoms with Crippen LogP contribution in [0.5, 0.6) is 5.75 Å². The second-order valence-corrected chi connectivity index (χ2v) is 7.00. The number of ether oxygens (including phenoxy) is 1. The Morgan fingerprint density at radius 2 is 1.62 bits per heavy atom. The molecule has 0 aromatic heterocycles. The van der Waals surface area contributed by atoms with Crippen LogP contribution in [0.15, 0.2) is 51.4 Å². The van der Waals surface area contributed by atoms with E-state index in [2.05, 4.69) is 62.3 Å². The van der Waals surface area contributed by atoms with Gasteiger partial charge in [-0.05, 0) is 72.6 Å². The van der Waals surface area contributed by atoms with Crippen LogP contribution in [0, 0.1) is 0 Å². The van der Waals surface area contributed by atoms with Gasteiger partial charge in [0.05, 0.1) is 6.10 Å². The Balaban J connectivity index is 2.07. The van der Waals surface area contributed by atoms with Crippen molar-refractivity contribution in [1.29, 1.82) is 0 Å². The van der Waals surface area contributed by atoms with Gasteiger partial charge in [-0.15, -0.1) is 0 Å². The first-order valence-electron chi connectivity index (χ1n) is 6.94. The molecule has 1 unspecified atom stereocenters. The summed E-state index contributed by atoms with van der Waals surface area (Å²) in [6.45, 7) is 6.21. The Morgan fingerprint density at radius 1 is 0.952 bits per heavy atom. The molecule has 0 aliphatic carbocycles. The monoisotopic (exact) mass is 411 g/mol. The highest BCUT2D eigenvalue weighted by Crippen LogP contribution is 2.29.